The highest BCUT2D eigenvalue weighted by atomic mass is 16.4. The summed E-state index contributed by atoms with van der Waals surface area (Å²) in [6, 6.07) is 1.79. The van der Waals surface area contributed by atoms with E-state index in [1.165, 1.54) is 11.2 Å². The lowest BCUT2D eigenvalue weighted by Gasteiger charge is -2.27. The second-order valence-corrected chi connectivity index (χ2v) is 5.75. The molecule has 2 heterocycles. The van der Waals surface area contributed by atoms with Gasteiger partial charge in [-0.25, -0.2) is 14.8 Å². The van der Waals surface area contributed by atoms with Gasteiger partial charge in [-0.15, -0.1) is 0 Å². The Morgan fingerprint density at radius 1 is 1.46 bits per heavy atom. The van der Waals surface area contributed by atoms with E-state index in [0.29, 0.717) is 6.54 Å². The van der Waals surface area contributed by atoms with E-state index in [2.05, 4.69) is 25.5 Å². The molecule has 1 aliphatic heterocycles. The highest BCUT2D eigenvalue weighted by Crippen LogP contribution is 2.24. The number of carboxylic acids is 1. The summed E-state index contributed by atoms with van der Waals surface area (Å²) in [4.78, 5) is 34.6. The topological polar surface area (TPSA) is 111 Å². The maximum Gasteiger partial charge on any atom is 0.317 e. The third-order valence-electron chi connectivity index (χ3n) is 4.08. The quantitative estimate of drug-likeness (QED) is 0.669. The van der Waals surface area contributed by atoms with Crippen LogP contribution in [-0.4, -0.2) is 71.7 Å². The summed E-state index contributed by atoms with van der Waals surface area (Å²) in [6.07, 6.45) is 3.47. The SMILES string of the molecule is CNc1cc(N2CCCC2CNC(=O)N(C)CCC(=O)O)ncn1. The van der Waals surface area contributed by atoms with Crippen LogP contribution in [-0.2, 0) is 4.79 Å². The predicted octanol–water partition coefficient (Wildman–Crippen LogP) is 0.603. The Labute approximate surface area is 141 Å². The summed E-state index contributed by atoms with van der Waals surface area (Å²) in [5.74, 6) is 0.675. The van der Waals surface area contributed by atoms with Gasteiger partial charge in [-0.3, -0.25) is 4.79 Å². The Morgan fingerprint density at radius 2 is 2.25 bits per heavy atom. The van der Waals surface area contributed by atoms with E-state index < -0.39 is 5.97 Å². The van der Waals surface area contributed by atoms with E-state index in [1.54, 1.807) is 14.1 Å². The largest absolute Gasteiger partial charge is 0.481 e. The number of carbonyl (C=O) groups excluding carboxylic acids is 1. The van der Waals surface area contributed by atoms with Crippen LogP contribution < -0.4 is 15.5 Å². The summed E-state index contributed by atoms with van der Waals surface area (Å²) < 4.78 is 0. The number of carbonyl (C=O) groups is 2. The molecule has 1 aromatic rings. The van der Waals surface area contributed by atoms with Gasteiger partial charge in [-0.05, 0) is 12.8 Å². The average molecular weight is 336 g/mol. The number of amides is 2. The molecule has 0 saturated carbocycles. The molecule has 9 heteroatoms. The number of carboxylic acid groups (broad SMARTS) is 1. The molecule has 1 fully saturated rings. The Bertz CT molecular complexity index is 582. The first-order valence-corrected chi connectivity index (χ1v) is 7.98. The predicted molar refractivity (Wildman–Crippen MR) is 90.2 cm³/mol. The molecule has 3 N–H and O–H groups in total. The van der Waals surface area contributed by atoms with Crippen molar-refractivity contribution >= 4 is 23.6 Å². The summed E-state index contributed by atoms with van der Waals surface area (Å²) in [5.41, 5.74) is 0. The van der Waals surface area contributed by atoms with Crippen molar-refractivity contribution in [1.29, 1.82) is 0 Å². The van der Waals surface area contributed by atoms with Crippen molar-refractivity contribution in [3.05, 3.63) is 12.4 Å². The third-order valence-corrected chi connectivity index (χ3v) is 4.08. The summed E-state index contributed by atoms with van der Waals surface area (Å²) in [7, 11) is 3.40. The monoisotopic (exact) mass is 336 g/mol. The van der Waals surface area contributed by atoms with Crippen LogP contribution in [0.4, 0.5) is 16.4 Å². The van der Waals surface area contributed by atoms with Gasteiger partial charge in [0.2, 0.25) is 0 Å². The Balaban J connectivity index is 1.89. The van der Waals surface area contributed by atoms with Gasteiger partial charge in [0.15, 0.2) is 0 Å². The number of hydrogen-bond acceptors (Lipinski definition) is 6. The van der Waals surface area contributed by atoms with Crippen LogP contribution in [0.5, 0.6) is 0 Å². The molecule has 9 nitrogen and oxygen atoms in total. The maximum atomic E-state index is 12.0. The van der Waals surface area contributed by atoms with Gasteiger partial charge in [0.25, 0.3) is 0 Å². The van der Waals surface area contributed by atoms with E-state index in [-0.39, 0.29) is 25.0 Å². The first kappa shape index (κ1) is 17.8. The van der Waals surface area contributed by atoms with Crippen LogP contribution in [0, 0.1) is 0 Å². The van der Waals surface area contributed by atoms with Crippen LogP contribution in [0.3, 0.4) is 0 Å². The molecule has 0 aliphatic carbocycles. The normalized spacial score (nSPS) is 16.8. The van der Waals surface area contributed by atoms with Crippen molar-refractivity contribution in [2.24, 2.45) is 0 Å². The molecule has 1 unspecified atom stereocenters. The van der Waals surface area contributed by atoms with Crippen molar-refractivity contribution in [2.75, 3.05) is 43.9 Å². The van der Waals surface area contributed by atoms with Crippen molar-refractivity contribution in [2.45, 2.75) is 25.3 Å². The Kier molecular flexibility index (Phi) is 6.16. The molecule has 24 heavy (non-hydrogen) atoms. The van der Waals surface area contributed by atoms with Crippen LogP contribution in [0.15, 0.2) is 12.4 Å². The minimum Gasteiger partial charge on any atom is -0.481 e. The smallest absolute Gasteiger partial charge is 0.317 e. The molecule has 1 atom stereocenters. The fraction of sp³-hybridized carbons (Fsp3) is 0.600. The third kappa shape index (κ3) is 4.71. The lowest BCUT2D eigenvalue weighted by Crippen LogP contribution is -2.45. The van der Waals surface area contributed by atoms with E-state index in [1.807, 2.05) is 6.07 Å². The average Bonchev–Trinajstić information content (AvgIpc) is 3.06. The molecule has 1 aliphatic rings. The number of aliphatic carboxylic acids is 1. The minimum atomic E-state index is -0.916. The maximum absolute atomic E-state index is 12.0. The molecule has 2 amide bonds. The van der Waals surface area contributed by atoms with Gasteiger partial charge in [0.05, 0.1) is 6.42 Å². The number of hydrogen-bond donors (Lipinski definition) is 3. The zero-order chi connectivity index (χ0) is 17.5. The highest BCUT2D eigenvalue weighted by Gasteiger charge is 2.26. The molecule has 2 rings (SSSR count). The standard InChI is InChI=1S/C15H24N6O3/c1-16-12-8-13(19-10-18-12)21-6-3-4-11(21)9-17-15(24)20(2)7-5-14(22)23/h8,10-11H,3-7,9H2,1-2H3,(H,17,24)(H,22,23)(H,16,18,19). The fourth-order valence-electron chi connectivity index (χ4n) is 2.70. The highest BCUT2D eigenvalue weighted by molar-refractivity contribution is 5.75. The first-order valence-electron chi connectivity index (χ1n) is 7.98. The van der Waals surface area contributed by atoms with Gasteiger partial charge in [0, 0.05) is 45.8 Å². The van der Waals surface area contributed by atoms with Crippen LogP contribution in [0.2, 0.25) is 0 Å². The van der Waals surface area contributed by atoms with Crippen molar-refractivity contribution in [1.82, 2.24) is 20.2 Å². The van der Waals surface area contributed by atoms with E-state index in [4.69, 9.17) is 5.11 Å². The molecule has 0 aromatic carbocycles. The van der Waals surface area contributed by atoms with Gasteiger partial charge in [-0.1, -0.05) is 0 Å². The number of aromatic nitrogens is 2. The number of nitrogens with zero attached hydrogens (tertiary/aromatic N) is 4. The molecule has 1 saturated heterocycles. The Morgan fingerprint density at radius 3 is 2.96 bits per heavy atom. The Hall–Kier alpha value is -2.58. The molecular weight excluding hydrogens is 312 g/mol. The van der Waals surface area contributed by atoms with Gasteiger partial charge < -0.3 is 25.5 Å². The van der Waals surface area contributed by atoms with E-state index >= 15 is 0 Å². The van der Waals surface area contributed by atoms with Crippen molar-refractivity contribution < 1.29 is 14.7 Å². The first-order chi connectivity index (χ1) is 11.5. The second-order valence-electron chi connectivity index (χ2n) is 5.75. The van der Waals surface area contributed by atoms with Gasteiger partial charge >= 0.3 is 12.0 Å². The molecule has 132 valence electrons. The van der Waals surface area contributed by atoms with Crippen LogP contribution >= 0.6 is 0 Å². The minimum absolute atomic E-state index is 0.0623. The molecule has 0 radical (unpaired) electrons. The van der Waals surface area contributed by atoms with E-state index in [0.717, 1.165) is 31.0 Å². The molecule has 0 bridgehead atoms. The van der Waals surface area contributed by atoms with Crippen molar-refractivity contribution in [3.63, 3.8) is 0 Å². The number of nitrogens with one attached hydrogen (secondary N) is 2. The summed E-state index contributed by atoms with van der Waals surface area (Å²) in [5, 5.41) is 14.5. The van der Waals surface area contributed by atoms with Crippen LogP contribution in [0.25, 0.3) is 0 Å². The second kappa shape index (κ2) is 8.32. The molecule has 1 aromatic heterocycles. The number of urea groups is 1. The zero-order valence-electron chi connectivity index (χ0n) is 14.0. The number of anilines is 2. The fourth-order valence-corrected chi connectivity index (χ4v) is 2.70. The van der Waals surface area contributed by atoms with Crippen LogP contribution in [0.1, 0.15) is 19.3 Å². The number of rotatable bonds is 7. The van der Waals surface area contributed by atoms with Gasteiger partial charge in [0.1, 0.15) is 18.0 Å². The van der Waals surface area contributed by atoms with Crippen molar-refractivity contribution in [3.8, 4) is 0 Å². The zero-order valence-corrected chi connectivity index (χ0v) is 14.0. The lowest BCUT2D eigenvalue weighted by molar-refractivity contribution is -0.137. The molecule has 0 spiro atoms. The van der Waals surface area contributed by atoms with Gasteiger partial charge in [-0.2, -0.15) is 0 Å². The van der Waals surface area contributed by atoms with E-state index in [9.17, 15) is 9.59 Å². The summed E-state index contributed by atoms with van der Waals surface area (Å²) >= 11 is 0. The summed E-state index contributed by atoms with van der Waals surface area (Å²) in [6.45, 7) is 1.57. The lowest BCUT2D eigenvalue weighted by atomic mass is 10.2. The molecular formula is C15H24N6O3.